The fraction of sp³-hybridized carbons (Fsp3) is 0.375. The quantitative estimate of drug-likeness (QED) is 0.339. The number of benzene rings is 1. The van der Waals surface area contributed by atoms with Crippen molar-refractivity contribution in [3.8, 4) is 5.75 Å². The number of H-pyrrole nitrogens is 1. The van der Waals surface area contributed by atoms with Gasteiger partial charge in [-0.15, -0.1) is 0 Å². The second kappa shape index (κ2) is 8.09. The van der Waals surface area contributed by atoms with Gasteiger partial charge < -0.3 is 14.9 Å². The van der Waals surface area contributed by atoms with E-state index in [1.54, 1.807) is 6.33 Å². The number of aromatic amines is 1. The third kappa shape index (κ3) is 4.95. The van der Waals surface area contributed by atoms with Gasteiger partial charge >= 0.3 is 0 Å². The molecule has 0 unspecified atom stereocenters. The maximum absolute atomic E-state index is 8.82. The van der Waals surface area contributed by atoms with Gasteiger partial charge in [0.15, 0.2) is 0 Å². The lowest BCUT2D eigenvalue weighted by atomic mass is 10.1. The Morgan fingerprint density at radius 3 is 2.76 bits per heavy atom. The molecule has 0 amide bonds. The number of imidazole rings is 1. The van der Waals surface area contributed by atoms with E-state index < -0.39 is 0 Å². The molecular formula is C16H21N3O2. The van der Waals surface area contributed by atoms with E-state index in [-0.39, 0.29) is 0 Å². The fourth-order valence-corrected chi connectivity index (χ4v) is 2.04. The lowest BCUT2D eigenvalue weighted by molar-refractivity contribution is 0.310. The second-order valence-electron chi connectivity index (χ2n) is 4.87. The van der Waals surface area contributed by atoms with Crippen LogP contribution < -0.4 is 4.74 Å². The van der Waals surface area contributed by atoms with Crippen molar-refractivity contribution in [2.24, 2.45) is 5.16 Å². The average Bonchev–Trinajstić information content (AvgIpc) is 3.04. The third-order valence-electron chi connectivity index (χ3n) is 3.30. The number of ether oxygens (including phenoxy) is 1. The van der Waals surface area contributed by atoms with E-state index in [0.29, 0.717) is 13.0 Å². The minimum atomic E-state index is 0.674. The van der Waals surface area contributed by atoms with Gasteiger partial charge in [0.05, 0.1) is 18.6 Å². The predicted molar refractivity (Wildman–Crippen MR) is 82.1 cm³/mol. The molecule has 0 atom stereocenters. The van der Waals surface area contributed by atoms with Gasteiger partial charge in [-0.3, -0.25) is 0 Å². The summed E-state index contributed by atoms with van der Waals surface area (Å²) in [5.41, 5.74) is 3.03. The van der Waals surface area contributed by atoms with E-state index in [9.17, 15) is 0 Å². The number of rotatable bonds is 8. The maximum atomic E-state index is 8.82. The molecule has 2 rings (SSSR count). The highest BCUT2D eigenvalue weighted by Gasteiger charge is 2.01. The molecule has 1 heterocycles. The molecule has 0 spiro atoms. The van der Waals surface area contributed by atoms with Crippen molar-refractivity contribution < 1.29 is 9.94 Å². The van der Waals surface area contributed by atoms with Crippen molar-refractivity contribution in [2.75, 3.05) is 6.61 Å². The van der Waals surface area contributed by atoms with Gasteiger partial charge in [-0.1, -0.05) is 24.2 Å². The van der Waals surface area contributed by atoms with Crippen LogP contribution in [0.4, 0.5) is 0 Å². The maximum Gasteiger partial charge on any atom is 0.119 e. The summed E-state index contributed by atoms with van der Waals surface area (Å²) < 4.78 is 5.70. The molecule has 1 aromatic carbocycles. The molecule has 0 fully saturated rings. The van der Waals surface area contributed by atoms with Crippen LogP contribution in [0, 0.1) is 0 Å². The Hall–Kier alpha value is -2.30. The van der Waals surface area contributed by atoms with Crippen molar-refractivity contribution >= 4 is 5.71 Å². The molecule has 2 N–H and O–H groups in total. The Balaban J connectivity index is 1.74. The summed E-state index contributed by atoms with van der Waals surface area (Å²) in [6, 6.07) is 7.92. The molecule has 5 heteroatoms. The van der Waals surface area contributed by atoms with E-state index in [0.717, 1.165) is 42.0 Å². The number of aromatic nitrogens is 2. The van der Waals surface area contributed by atoms with Crippen LogP contribution in [-0.2, 0) is 12.8 Å². The zero-order valence-electron chi connectivity index (χ0n) is 12.2. The van der Waals surface area contributed by atoms with Gasteiger partial charge in [-0.2, -0.15) is 0 Å². The van der Waals surface area contributed by atoms with Crippen LogP contribution in [-0.4, -0.2) is 27.5 Å². The van der Waals surface area contributed by atoms with Gasteiger partial charge in [-0.25, -0.2) is 4.98 Å². The lowest BCUT2D eigenvalue weighted by Gasteiger charge is -2.07. The Bertz CT molecular complexity index is 547. The highest BCUT2D eigenvalue weighted by Crippen LogP contribution is 2.14. The number of nitrogens with one attached hydrogen (secondary N) is 1. The first-order valence-electron chi connectivity index (χ1n) is 7.20. The van der Waals surface area contributed by atoms with E-state index in [2.05, 4.69) is 15.1 Å². The molecule has 0 saturated heterocycles. The minimum absolute atomic E-state index is 0.674. The van der Waals surface area contributed by atoms with Crippen molar-refractivity contribution in [2.45, 2.75) is 32.6 Å². The van der Waals surface area contributed by atoms with Crippen LogP contribution in [0.25, 0.3) is 0 Å². The number of oxime groups is 1. The van der Waals surface area contributed by atoms with Crippen molar-refractivity contribution in [3.63, 3.8) is 0 Å². The molecule has 112 valence electrons. The molecule has 0 aliphatic carbocycles. The van der Waals surface area contributed by atoms with E-state index in [4.69, 9.17) is 9.94 Å². The molecule has 21 heavy (non-hydrogen) atoms. The van der Waals surface area contributed by atoms with Crippen LogP contribution >= 0.6 is 0 Å². The lowest BCUT2D eigenvalue weighted by Crippen LogP contribution is -2.02. The van der Waals surface area contributed by atoms with Crippen LogP contribution in [0.15, 0.2) is 41.9 Å². The fourth-order valence-electron chi connectivity index (χ4n) is 2.04. The van der Waals surface area contributed by atoms with Crippen LogP contribution in [0.3, 0.4) is 0 Å². The largest absolute Gasteiger partial charge is 0.494 e. The smallest absolute Gasteiger partial charge is 0.119 e. The second-order valence-corrected chi connectivity index (χ2v) is 4.87. The number of hydrogen-bond donors (Lipinski definition) is 2. The summed E-state index contributed by atoms with van der Waals surface area (Å²) in [6.07, 6.45) is 6.83. The molecule has 1 aromatic heterocycles. The Kier molecular flexibility index (Phi) is 5.82. The first kappa shape index (κ1) is 15.1. The Morgan fingerprint density at radius 2 is 2.14 bits per heavy atom. The third-order valence-corrected chi connectivity index (χ3v) is 3.30. The highest BCUT2D eigenvalue weighted by atomic mass is 16.5. The monoisotopic (exact) mass is 287 g/mol. The summed E-state index contributed by atoms with van der Waals surface area (Å²) in [5, 5.41) is 12.1. The minimum Gasteiger partial charge on any atom is -0.494 e. The van der Waals surface area contributed by atoms with Gasteiger partial charge in [-0.05, 0) is 37.0 Å². The molecule has 0 aliphatic heterocycles. The molecular weight excluding hydrogens is 266 g/mol. The molecule has 2 aromatic rings. The normalized spacial score (nSPS) is 11.6. The molecule has 5 nitrogen and oxygen atoms in total. The molecule has 0 saturated carbocycles. The van der Waals surface area contributed by atoms with Gasteiger partial charge in [0.25, 0.3) is 0 Å². The van der Waals surface area contributed by atoms with Crippen molar-refractivity contribution in [3.05, 3.63) is 48.0 Å². The first-order valence-corrected chi connectivity index (χ1v) is 7.20. The summed E-state index contributed by atoms with van der Waals surface area (Å²) >= 11 is 0. The highest BCUT2D eigenvalue weighted by molar-refractivity contribution is 5.85. The SMILES string of the molecule is CCC(Cc1ccc(OCCCc2cnc[nH]2)cc1)=NO. The summed E-state index contributed by atoms with van der Waals surface area (Å²) in [6.45, 7) is 2.66. The van der Waals surface area contributed by atoms with Crippen LogP contribution in [0.2, 0.25) is 0 Å². The zero-order valence-corrected chi connectivity index (χ0v) is 12.2. The average molecular weight is 287 g/mol. The van der Waals surface area contributed by atoms with E-state index in [1.165, 1.54) is 0 Å². The zero-order chi connectivity index (χ0) is 14.9. The topological polar surface area (TPSA) is 70.5 Å². The summed E-state index contributed by atoms with van der Waals surface area (Å²) in [4.78, 5) is 7.06. The number of nitrogens with zero attached hydrogens (tertiary/aromatic N) is 2. The number of hydrogen-bond acceptors (Lipinski definition) is 4. The number of aryl methyl sites for hydroxylation is 1. The van der Waals surface area contributed by atoms with Crippen molar-refractivity contribution in [1.29, 1.82) is 0 Å². The molecule has 0 aliphatic rings. The Labute approximate surface area is 124 Å². The summed E-state index contributed by atoms with van der Waals surface area (Å²) in [7, 11) is 0. The molecule has 0 radical (unpaired) electrons. The van der Waals surface area contributed by atoms with Crippen molar-refractivity contribution in [1.82, 2.24) is 9.97 Å². The van der Waals surface area contributed by atoms with E-state index in [1.807, 2.05) is 37.4 Å². The standard InChI is InChI=1S/C16H21N3O2/c1-2-14(19-20)10-13-5-7-16(8-6-13)21-9-3-4-15-11-17-12-18-15/h5-8,11-12,20H,2-4,9-10H2,1H3,(H,17,18). The van der Waals surface area contributed by atoms with Gasteiger partial charge in [0.2, 0.25) is 0 Å². The van der Waals surface area contributed by atoms with Gasteiger partial charge in [0, 0.05) is 18.3 Å². The summed E-state index contributed by atoms with van der Waals surface area (Å²) in [5.74, 6) is 0.863. The Morgan fingerprint density at radius 1 is 1.33 bits per heavy atom. The van der Waals surface area contributed by atoms with Crippen LogP contribution in [0.5, 0.6) is 5.75 Å². The molecule has 0 bridgehead atoms. The van der Waals surface area contributed by atoms with E-state index >= 15 is 0 Å². The van der Waals surface area contributed by atoms with Gasteiger partial charge in [0.1, 0.15) is 5.75 Å². The first-order chi connectivity index (χ1) is 10.3. The van der Waals surface area contributed by atoms with Crippen LogP contribution in [0.1, 0.15) is 31.0 Å². The predicted octanol–water partition coefficient (Wildman–Crippen LogP) is 3.20.